The summed E-state index contributed by atoms with van der Waals surface area (Å²) in [5.74, 6) is -0.800. The average Bonchev–Trinajstić information content (AvgIpc) is 2.48. The summed E-state index contributed by atoms with van der Waals surface area (Å²) in [5, 5.41) is 4.48. The molecule has 1 unspecified atom stereocenters. The first kappa shape index (κ1) is 7.49. The highest BCUT2D eigenvalue weighted by molar-refractivity contribution is 7.13. The molecule has 0 radical (unpaired) electrons. The molecule has 0 bridgehead atoms. The molecule has 0 spiro atoms. The molecule has 2 rings (SSSR count). The molecule has 0 aromatic carbocycles. The van der Waals surface area contributed by atoms with Crippen molar-refractivity contribution in [3.05, 3.63) is 16.3 Å². The normalized spacial score (nSPS) is 21.9. The summed E-state index contributed by atoms with van der Waals surface area (Å²) in [6.07, 6.45) is 0. The number of hydrogen-bond acceptors (Lipinski definition) is 3. The van der Waals surface area contributed by atoms with E-state index in [1.54, 1.807) is 18.4 Å². The number of carbonyl (C=O) groups excluding carboxylic acids is 2. The van der Waals surface area contributed by atoms with Crippen molar-refractivity contribution < 1.29 is 9.59 Å². The zero-order valence-electron chi connectivity index (χ0n) is 6.46. The minimum atomic E-state index is -0.531. The van der Waals surface area contributed by atoms with Crippen LogP contribution in [0.25, 0.3) is 0 Å². The van der Waals surface area contributed by atoms with Crippen molar-refractivity contribution in [3.63, 3.8) is 0 Å². The molecular weight excluding hydrogens is 174 g/mol. The van der Waals surface area contributed by atoms with Crippen molar-refractivity contribution in [1.29, 1.82) is 0 Å². The lowest BCUT2D eigenvalue weighted by Gasteiger charge is -2.16. The highest BCUT2D eigenvalue weighted by Gasteiger charge is 2.31. The van der Waals surface area contributed by atoms with Crippen LogP contribution in [0.15, 0.2) is 11.4 Å². The van der Waals surface area contributed by atoms with Gasteiger partial charge in [0, 0.05) is 0 Å². The number of rotatable bonds is 0. The zero-order valence-corrected chi connectivity index (χ0v) is 7.27. The molecule has 4 heteroatoms. The monoisotopic (exact) mass is 181 g/mol. The van der Waals surface area contributed by atoms with Gasteiger partial charge in [-0.05, 0) is 18.4 Å². The molecule has 1 amide bonds. The maximum atomic E-state index is 11.4. The number of Topliss-reactive ketones (excluding diaryl/α,β-unsaturated/α-hetero) is 1. The number of thiophene rings is 1. The summed E-state index contributed by atoms with van der Waals surface area (Å²) < 4.78 is 0. The van der Waals surface area contributed by atoms with Crippen LogP contribution in [0, 0.1) is 5.92 Å². The van der Waals surface area contributed by atoms with Crippen molar-refractivity contribution in [2.45, 2.75) is 6.92 Å². The van der Waals surface area contributed by atoms with E-state index in [1.807, 2.05) is 0 Å². The number of ketones is 1. The molecule has 1 aromatic heterocycles. The Morgan fingerprint density at radius 3 is 3.00 bits per heavy atom. The van der Waals surface area contributed by atoms with Crippen LogP contribution in [0.5, 0.6) is 0 Å². The second kappa shape index (κ2) is 2.42. The number of fused-ring (bicyclic) bond motifs is 1. The Morgan fingerprint density at radius 1 is 1.50 bits per heavy atom. The van der Waals surface area contributed by atoms with Gasteiger partial charge in [0.05, 0.1) is 16.5 Å². The van der Waals surface area contributed by atoms with Crippen molar-refractivity contribution in [2.24, 2.45) is 5.92 Å². The van der Waals surface area contributed by atoms with Gasteiger partial charge < -0.3 is 5.32 Å². The highest BCUT2D eigenvalue weighted by atomic mass is 32.1. The first-order valence-electron chi connectivity index (χ1n) is 3.62. The lowest BCUT2D eigenvalue weighted by atomic mass is 10.0. The van der Waals surface area contributed by atoms with Crippen molar-refractivity contribution >= 4 is 28.7 Å². The van der Waals surface area contributed by atoms with Crippen LogP contribution in [0.4, 0.5) is 5.69 Å². The van der Waals surface area contributed by atoms with E-state index in [0.29, 0.717) is 10.6 Å². The first-order valence-corrected chi connectivity index (χ1v) is 4.50. The number of amides is 1. The molecule has 0 fully saturated rings. The Hall–Kier alpha value is -1.16. The third kappa shape index (κ3) is 0.881. The summed E-state index contributed by atoms with van der Waals surface area (Å²) in [6, 6.07) is 1.75. The standard InChI is InChI=1S/C8H7NO2S/c1-4-6(10)7-5(2-3-12-7)9-8(4)11/h2-4H,1H3,(H,9,11). The Kier molecular flexibility index (Phi) is 1.51. The summed E-state index contributed by atoms with van der Waals surface area (Å²) in [4.78, 5) is 23.2. The van der Waals surface area contributed by atoms with E-state index >= 15 is 0 Å². The molecule has 1 N–H and O–H groups in total. The fourth-order valence-electron chi connectivity index (χ4n) is 1.16. The molecule has 1 atom stereocenters. The third-order valence-corrected chi connectivity index (χ3v) is 2.86. The first-order chi connectivity index (χ1) is 5.70. The minimum Gasteiger partial charge on any atom is -0.324 e. The number of nitrogens with one attached hydrogen (secondary N) is 1. The Bertz CT molecular complexity index is 356. The van der Waals surface area contributed by atoms with Crippen LogP contribution in [-0.2, 0) is 4.79 Å². The molecule has 1 aliphatic heterocycles. The zero-order chi connectivity index (χ0) is 8.72. The molecule has 1 aliphatic rings. The van der Waals surface area contributed by atoms with Gasteiger partial charge in [-0.1, -0.05) is 0 Å². The van der Waals surface area contributed by atoms with Gasteiger partial charge in [-0.25, -0.2) is 0 Å². The van der Waals surface area contributed by atoms with E-state index in [1.165, 1.54) is 11.3 Å². The maximum absolute atomic E-state index is 11.4. The fraction of sp³-hybridized carbons (Fsp3) is 0.250. The smallest absolute Gasteiger partial charge is 0.235 e. The molecule has 0 saturated heterocycles. The van der Waals surface area contributed by atoms with Crippen molar-refractivity contribution in [2.75, 3.05) is 5.32 Å². The van der Waals surface area contributed by atoms with E-state index in [4.69, 9.17) is 0 Å². The second-order valence-corrected chi connectivity index (χ2v) is 3.65. The van der Waals surface area contributed by atoms with E-state index in [-0.39, 0.29) is 11.7 Å². The third-order valence-electron chi connectivity index (χ3n) is 1.93. The van der Waals surface area contributed by atoms with Gasteiger partial charge in [0.25, 0.3) is 0 Å². The Labute approximate surface area is 73.4 Å². The molecule has 62 valence electrons. The van der Waals surface area contributed by atoms with E-state index in [9.17, 15) is 9.59 Å². The predicted octanol–water partition coefficient (Wildman–Crippen LogP) is 1.52. The number of carbonyl (C=O) groups is 2. The topological polar surface area (TPSA) is 46.2 Å². The van der Waals surface area contributed by atoms with E-state index < -0.39 is 5.92 Å². The molecule has 2 heterocycles. The SMILES string of the molecule is CC1C(=O)Nc2ccsc2C1=O. The second-order valence-electron chi connectivity index (χ2n) is 2.74. The van der Waals surface area contributed by atoms with Crippen LogP contribution in [0.1, 0.15) is 16.6 Å². The highest BCUT2D eigenvalue weighted by Crippen LogP contribution is 2.29. The van der Waals surface area contributed by atoms with Crippen LogP contribution < -0.4 is 5.32 Å². The average molecular weight is 181 g/mol. The lowest BCUT2D eigenvalue weighted by molar-refractivity contribution is -0.118. The number of anilines is 1. The largest absolute Gasteiger partial charge is 0.324 e. The van der Waals surface area contributed by atoms with Gasteiger partial charge in [0.15, 0.2) is 5.78 Å². The van der Waals surface area contributed by atoms with E-state index in [0.717, 1.165) is 0 Å². The molecule has 12 heavy (non-hydrogen) atoms. The van der Waals surface area contributed by atoms with Gasteiger partial charge in [0.2, 0.25) is 5.91 Å². The van der Waals surface area contributed by atoms with Gasteiger partial charge in [0.1, 0.15) is 0 Å². The quantitative estimate of drug-likeness (QED) is 0.617. The van der Waals surface area contributed by atoms with Gasteiger partial charge in [-0.15, -0.1) is 11.3 Å². The fourth-order valence-corrected chi connectivity index (χ4v) is 2.03. The summed E-state index contributed by atoms with van der Waals surface area (Å²) in [6.45, 7) is 1.63. The van der Waals surface area contributed by atoms with Crippen molar-refractivity contribution in [3.8, 4) is 0 Å². The summed E-state index contributed by atoms with van der Waals surface area (Å²) in [5.41, 5.74) is 0.660. The molecular formula is C8H7NO2S. The maximum Gasteiger partial charge on any atom is 0.235 e. The molecule has 0 aliphatic carbocycles. The van der Waals surface area contributed by atoms with Crippen molar-refractivity contribution in [1.82, 2.24) is 0 Å². The molecule has 0 saturated carbocycles. The Morgan fingerprint density at radius 2 is 2.25 bits per heavy atom. The van der Waals surface area contributed by atoms with E-state index in [2.05, 4.69) is 5.32 Å². The van der Waals surface area contributed by atoms with Gasteiger partial charge in [-0.2, -0.15) is 0 Å². The summed E-state index contributed by atoms with van der Waals surface area (Å²) in [7, 11) is 0. The van der Waals surface area contributed by atoms with Crippen LogP contribution >= 0.6 is 11.3 Å². The minimum absolute atomic E-state index is 0.0660. The number of hydrogen-bond donors (Lipinski definition) is 1. The molecule has 3 nitrogen and oxygen atoms in total. The van der Waals surface area contributed by atoms with Gasteiger partial charge >= 0.3 is 0 Å². The molecule has 1 aromatic rings. The Balaban J connectivity index is 2.53. The lowest BCUT2D eigenvalue weighted by Crippen LogP contribution is -2.31. The van der Waals surface area contributed by atoms with Crippen LogP contribution in [0.2, 0.25) is 0 Å². The predicted molar refractivity (Wildman–Crippen MR) is 46.4 cm³/mol. The summed E-state index contributed by atoms with van der Waals surface area (Å²) >= 11 is 1.37. The van der Waals surface area contributed by atoms with Gasteiger partial charge in [-0.3, -0.25) is 9.59 Å². The van der Waals surface area contributed by atoms with Crippen LogP contribution in [-0.4, -0.2) is 11.7 Å². The van der Waals surface area contributed by atoms with Crippen LogP contribution in [0.3, 0.4) is 0 Å².